The average molecular weight is 273 g/mol. The SMILES string of the molecule is COc1ccc(C(F)(F)F)cc1-c1noc(CN)n1. The van der Waals surface area contributed by atoms with Crippen LogP contribution in [0.1, 0.15) is 11.5 Å². The molecule has 5 nitrogen and oxygen atoms in total. The highest BCUT2D eigenvalue weighted by molar-refractivity contribution is 5.65. The molecule has 0 saturated heterocycles. The van der Waals surface area contributed by atoms with Gasteiger partial charge in [0.05, 0.1) is 24.8 Å². The van der Waals surface area contributed by atoms with Crippen molar-refractivity contribution in [1.82, 2.24) is 10.1 Å². The molecule has 0 amide bonds. The van der Waals surface area contributed by atoms with E-state index in [0.717, 1.165) is 12.1 Å². The van der Waals surface area contributed by atoms with E-state index in [1.165, 1.54) is 13.2 Å². The molecule has 2 aromatic rings. The molecule has 19 heavy (non-hydrogen) atoms. The minimum atomic E-state index is -4.46. The predicted octanol–water partition coefficient (Wildman–Crippen LogP) is 2.22. The molecule has 0 bridgehead atoms. The molecule has 0 radical (unpaired) electrons. The second-order valence-electron chi connectivity index (χ2n) is 3.63. The third-order valence-electron chi connectivity index (χ3n) is 2.41. The molecule has 2 rings (SSSR count). The zero-order valence-electron chi connectivity index (χ0n) is 9.86. The molecule has 0 atom stereocenters. The standard InChI is InChI=1S/C11H10F3N3O2/c1-18-8-3-2-6(11(12,13)14)4-7(8)10-16-9(5-15)19-17-10/h2-4H,5,15H2,1H3. The average Bonchev–Trinajstić information content (AvgIpc) is 2.85. The van der Waals surface area contributed by atoms with E-state index in [0.29, 0.717) is 0 Å². The van der Waals surface area contributed by atoms with Gasteiger partial charge in [-0.2, -0.15) is 18.2 Å². The predicted molar refractivity (Wildman–Crippen MR) is 59.2 cm³/mol. The number of methoxy groups -OCH3 is 1. The van der Waals surface area contributed by atoms with Gasteiger partial charge in [-0.25, -0.2) is 0 Å². The van der Waals surface area contributed by atoms with E-state index >= 15 is 0 Å². The van der Waals surface area contributed by atoms with E-state index in [1.807, 2.05) is 0 Å². The van der Waals surface area contributed by atoms with Gasteiger partial charge < -0.3 is 15.0 Å². The van der Waals surface area contributed by atoms with Crippen molar-refractivity contribution in [2.75, 3.05) is 7.11 Å². The van der Waals surface area contributed by atoms with Crippen LogP contribution in [0.5, 0.6) is 5.75 Å². The number of benzene rings is 1. The smallest absolute Gasteiger partial charge is 0.416 e. The molecule has 0 unspecified atom stereocenters. The molecule has 1 aromatic heterocycles. The lowest BCUT2D eigenvalue weighted by Gasteiger charge is -2.10. The Kier molecular flexibility index (Phi) is 3.43. The Morgan fingerprint density at radius 3 is 2.63 bits per heavy atom. The Labute approximate surface area is 106 Å². The van der Waals surface area contributed by atoms with Gasteiger partial charge in [-0.05, 0) is 18.2 Å². The van der Waals surface area contributed by atoms with Crippen LogP contribution in [0, 0.1) is 0 Å². The summed E-state index contributed by atoms with van der Waals surface area (Å²) in [4.78, 5) is 3.88. The van der Waals surface area contributed by atoms with Gasteiger partial charge in [0.2, 0.25) is 11.7 Å². The highest BCUT2D eigenvalue weighted by Crippen LogP contribution is 2.36. The normalized spacial score (nSPS) is 11.6. The summed E-state index contributed by atoms with van der Waals surface area (Å²) in [6.07, 6.45) is -4.46. The molecule has 0 aliphatic carbocycles. The molecule has 102 valence electrons. The summed E-state index contributed by atoms with van der Waals surface area (Å²) in [5, 5.41) is 3.58. The fourth-order valence-corrected chi connectivity index (χ4v) is 1.51. The first-order chi connectivity index (χ1) is 8.95. The van der Waals surface area contributed by atoms with E-state index in [-0.39, 0.29) is 29.6 Å². The Morgan fingerprint density at radius 1 is 1.37 bits per heavy atom. The molecule has 1 aromatic carbocycles. The van der Waals surface area contributed by atoms with Gasteiger partial charge in [0.1, 0.15) is 5.75 Å². The van der Waals surface area contributed by atoms with E-state index in [9.17, 15) is 13.2 Å². The molecular weight excluding hydrogens is 263 g/mol. The molecule has 0 fully saturated rings. The summed E-state index contributed by atoms with van der Waals surface area (Å²) in [5.74, 6) is 0.357. The summed E-state index contributed by atoms with van der Waals surface area (Å²) in [7, 11) is 1.34. The van der Waals surface area contributed by atoms with Crippen molar-refractivity contribution in [3.8, 4) is 17.1 Å². The summed E-state index contributed by atoms with van der Waals surface area (Å²) >= 11 is 0. The largest absolute Gasteiger partial charge is 0.496 e. The highest BCUT2D eigenvalue weighted by atomic mass is 19.4. The Bertz CT molecular complexity index is 581. The highest BCUT2D eigenvalue weighted by Gasteiger charge is 2.31. The monoisotopic (exact) mass is 273 g/mol. The number of nitrogens with zero attached hydrogens (tertiary/aromatic N) is 2. The van der Waals surface area contributed by atoms with Crippen molar-refractivity contribution in [2.45, 2.75) is 12.7 Å². The van der Waals surface area contributed by atoms with Crippen molar-refractivity contribution >= 4 is 0 Å². The maximum Gasteiger partial charge on any atom is 0.416 e. The van der Waals surface area contributed by atoms with Gasteiger partial charge in [0, 0.05) is 0 Å². The van der Waals surface area contributed by atoms with Gasteiger partial charge in [-0.3, -0.25) is 0 Å². The third-order valence-corrected chi connectivity index (χ3v) is 2.41. The number of hydrogen-bond donors (Lipinski definition) is 1. The van der Waals surface area contributed by atoms with E-state index in [4.69, 9.17) is 15.0 Å². The van der Waals surface area contributed by atoms with Crippen LogP contribution in [0.3, 0.4) is 0 Å². The lowest BCUT2D eigenvalue weighted by molar-refractivity contribution is -0.137. The summed E-state index contributed by atoms with van der Waals surface area (Å²) in [6, 6.07) is 3.03. The van der Waals surface area contributed by atoms with Crippen LogP contribution < -0.4 is 10.5 Å². The van der Waals surface area contributed by atoms with Crippen LogP contribution in [0.4, 0.5) is 13.2 Å². The van der Waals surface area contributed by atoms with Crippen molar-refractivity contribution in [2.24, 2.45) is 5.73 Å². The van der Waals surface area contributed by atoms with Crippen molar-refractivity contribution in [1.29, 1.82) is 0 Å². The number of aromatic nitrogens is 2. The quantitative estimate of drug-likeness (QED) is 0.928. The molecule has 8 heteroatoms. The summed E-state index contributed by atoms with van der Waals surface area (Å²) < 4.78 is 47.8. The van der Waals surface area contributed by atoms with Gasteiger partial charge in [0.15, 0.2) is 0 Å². The van der Waals surface area contributed by atoms with Gasteiger partial charge in [-0.1, -0.05) is 5.16 Å². The van der Waals surface area contributed by atoms with E-state index in [2.05, 4.69) is 10.1 Å². The molecule has 0 saturated carbocycles. The Morgan fingerprint density at radius 2 is 2.11 bits per heavy atom. The second-order valence-corrected chi connectivity index (χ2v) is 3.63. The topological polar surface area (TPSA) is 74.2 Å². The van der Waals surface area contributed by atoms with E-state index < -0.39 is 11.7 Å². The van der Waals surface area contributed by atoms with Crippen LogP contribution in [0.25, 0.3) is 11.4 Å². The first-order valence-corrected chi connectivity index (χ1v) is 5.24. The van der Waals surface area contributed by atoms with Crippen molar-refractivity contribution in [3.05, 3.63) is 29.7 Å². The Balaban J connectivity index is 2.53. The van der Waals surface area contributed by atoms with Crippen LogP contribution >= 0.6 is 0 Å². The minimum Gasteiger partial charge on any atom is -0.496 e. The van der Waals surface area contributed by atoms with Crippen molar-refractivity contribution in [3.63, 3.8) is 0 Å². The van der Waals surface area contributed by atoms with Crippen molar-refractivity contribution < 1.29 is 22.4 Å². The third kappa shape index (κ3) is 2.68. The fourth-order valence-electron chi connectivity index (χ4n) is 1.51. The number of halogens is 3. The molecule has 2 N–H and O–H groups in total. The fraction of sp³-hybridized carbons (Fsp3) is 0.273. The second kappa shape index (κ2) is 4.88. The van der Waals surface area contributed by atoms with E-state index in [1.54, 1.807) is 0 Å². The molecular formula is C11H10F3N3O2. The first-order valence-electron chi connectivity index (χ1n) is 5.24. The molecule has 1 heterocycles. The van der Waals surface area contributed by atoms with Gasteiger partial charge >= 0.3 is 6.18 Å². The number of hydrogen-bond acceptors (Lipinski definition) is 5. The Hall–Kier alpha value is -2.09. The number of alkyl halides is 3. The number of nitrogens with two attached hydrogens (primary N) is 1. The molecule has 0 spiro atoms. The lowest BCUT2D eigenvalue weighted by atomic mass is 10.1. The maximum absolute atomic E-state index is 12.7. The van der Waals surface area contributed by atoms with Crippen LogP contribution in [-0.2, 0) is 12.7 Å². The molecule has 0 aliphatic heterocycles. The maximum atomic E-state index is 12.7. The first kappa shape index (κ1) is 13.3. The lowest BCUT2D eigenvalue weighted by Crippen LogP contribution is -2.05. The van der Waals surface area contributed by atoms with Gasteiger partial charge in [-0.15, -0.1) is 0 Å². The number of rotatable bonds is 3. The van der Waals surface area contributed by atoms with Crippen LogP contribution in [0.2, 0.25) is 0 Å². The molecule has 0 aliphatic rings. The zero-order chi connectivity index (χ0) is 14.0. The minimum absolute atomic E-state index is 0.00315. The van der Waals surface area contributed by atoms with Crippen LogP contribution in [0.15, 0.2) is 22.7 Å². The van der Waals surface area contributed by atoms with Crippen LogP contribution in [-0.4, -0.2) is 17.3 Å². The summed E-state index contributed by atoms with van der Waals surface area (Å²) in [5.41, 5.74) is 4.58. The number of ether oxygens (including phenoxy) is 1. The zero-order valence-corrected chi connectivity index (χ0v) is 9.86. The van der Waals surface area contributed by atoms with Gasteiger partial charge in [0.25, 0.3) is 0 Å². The summed E-state index contributed by atoms with van der Waals surface area (Å²) in [6.45, 7) is 0.00821.